The molecule has 1 unspecified atom stereocenters. The van der Waals surface area contributed by atoms with Crippen LogP contribution in [0.15, 0.2) is 22.6 Å². The lowest BCUT2D eigenvalue weighted by Crippen LogP contribution is -2.31. The Morgan fingerprint density at radius 3 is 2.27 bits per heavy atom. The van der Waals surface area contributed by atoms with E-state index in [9.17, 15) is 23.1 Å². The van der Waals surface area contributed by atoms with Gasteiger partial charge in [0, 0.05) is 0 Å². The molecule has 4 nitrogen and oxygen atoms in total. The second kappa shape index (κ2) is 6.23. The van der Waals surface area contributed by atoms with Gasteiger partial charge in [-0.25, -0.2) is 13.2 Å². The van der Waals surface area contributed by atoms with E-state index in [1.807, 2.05) is 0 Å². The topological polar surface area (TPSA) is 62.5 Å². The molecule has 7 heteroatoms. The number of aliphatic hydroxyl groups is 1. The van der Waals surface area contributed by atoms with Gasteiger partial charge in [0.05, 0.1) is 18.2 Å². The highest BCUT2D eigenvalue weighted by Crippen LogP contribution is 2.21. The molecule has 0 bridgehead atoms. The highest BCUT2D eigenvalue weighted by Gasteiger charge is 2.21. The van der Waals surface area contributed by atoms with Crippen molar-refractivity contribution in [1.29, 1.82) is 0 Å². The number of nitrogens with one attached hydrogen (secondary N) is 1. The van der Waals surface area contributed by atoms with Crippen LogP contribution in [-0.2, 0) is 0 Å². The molecule has 0 saturated heterocycles. The van der Waals surface area contributed by atoms with Crippen molar-refractivity contribution in [3.8, 4) is 0 Å². The first kappa shape index (κ1) is 16.1. The molecular formula is C15H14F3NO3. The maximum Gasteiger partial charge on any atom is 0.255 e. The number of carbonyl (C=O) groups excluding carboxylic acids is 1. The molecule has 0 aliphatic rings. The summed E-state index contributed by atoms with van der Waals surface area (Å²) in [5.41, 5.74) is 0.170. The first-order valence-corrected chi connectivity index (χ1v) is 6.46. The lowest BCUT2D eigenvalue weighted by molar-refractivity contribution is 0.0914. The summed E-state index contributed by atoms with van der Waals surface area (Å²) in [7, 11) is 0. The van der Waals surface area contributed by atoms with Gasteiger partial charge in [0.25, 0.3) is 5.91 Å². The van der Waals surface area contributed by atoms with Crippen LogP contribution < -0.4 is 5.32 Å². The van der Waals surface area contributed by atoms with Crippen molar-refractivity contribution in [2.45, 2.75) is 19.9 Å². The van der Waals surface area contributed by atoms with E-state index in [1.165, 1.54) is 6.07 Å². The van der Waals surface area contributed by atoms with Crippen molar-refractivity contribution in [3.05, 3.63) is 58.3 Å². The van der Waals surface area contributed by atoms with Crippen molar-refractivity contribution in [3.63, 3.8) is 0 Å². The second-order valence-corrected chi connectivity index (χ2v) is 4.83. The SMILES string of the molecule is Cc1cc(C(=O)NC(CO)c2cc(F)c(F)c(F)c2)c(C)o1. The first-order valence-electron chi connectivity index (χ1n) is 6.46. The van der Waals surface area contributed by atoms with Gasteiger partial charge in [-0.1, -0.05) is 0 Å². The maximum absolute atomic E-state index is 13.2. The van der Waals surface area contributed by atoms with E-state index in [4.69, 9.17) is 4.42 Å². The normalized spacial score (nSPS) is 12.3. The summed E-state index contributed by atoms with van der Waals surface area (Å²) < 4.78 is 44.6. The molecule has 0 radical (unpaired) electrons. The third-order valence-electron chi connectivity index (χ3n) is 3.18. The molecule has 118 valence electrons. The van der Waals surface area contributed by atoms with E-state index in [-0.39, 0.29) is 11.1 Å². The summed E-state index contributed by atoms with van der Waals surface area (Å²) >= 11 is 0. The standard InChI is InChI=1S/C15H14F3NO3/c1-7-3-10(8(2)22-7)15(21)19-13(6-20)9-4-11(16)14(18)12(17)5-9/h3-5,13,20H,6H2,1-2H3,(H,19,21). The van der Waals surface area contributed by atoms with Gasteiger partial charge in [-0.15, -0.1) is 0 Å². The molecule has 1 heterocycles. The molecule has 1 aromatic carbocycles. The van der Waals surface area contributed by atoms with Crippen LogP contribution in [0.2, 0.25) is 0 Å². The van der Waals surface area contributed by atoms with Gasteiger partial charge < -0.3 is 14.8 Å². The number of hydrogen-bond donors (Lipinski definition) is 2. The predicted molar refractivity (Wildman–Crippen MR) is 71.8 cm³/mol. The molecule has 2 N–H and O–H groups in total. The zero-order valence-corrected chi connectivity index (χ0v) is 11.9. The number of aliphatic hydroxyl groups excluding tert-OH is 1. The Hall–Kier alpha value is -2.28. The van der Waals surface area contributed by atoms with E-state index in [0.29, 0.717) is 11.5 Å². The fraction of sp³-hybridized carbons (Fsp3) is 0.267. The lowest BCUT2D eigenvalue weighted by atomic mass is 10.1. The monoisotopic (exact) mass is 313 g/mol. The van der Waals surface area contributed by atoms with Crippen molar-refractivity contribution >= 4 is 5.91 Å². The Labute approximate surface area is 124 Å². The predicted octanol–water partition coefficient (Wildman–Crippen LogP) is 2.78. The van der Waals surface area contributed by atoms with Gasteiger partial charge >= 0.3 is 0 Å². The Kier molecular flexibility index (Phi) is 4.56. The molecule has 0 spiro atoms. The molecule has 0 aliphatic heterocycles. The number of rotatable bonds is 4. The highest BCUT2D eigenvalue weighted by atomic mass is 19.2. The van der Waals surface area contributed by atoms with Crippen LogP contribution >= 0.6 is 0 Å². The summed E-state index contributed by atoms with van der Waals surface area (Å²) in [6, 6.07) is 1.89. The molecule has 1 atom stereocenters. The van der Waals surface area contributed by atoms with Crippen LogP contribution in [0, 0.1) is 31.3 Å². The maximum atomic E-state index is 13.2. The summed E-state index contributed by atoms with van der Waals surface area (Å²) in [5, 5.41) is 11.7. The van der Waals surface area contributed by atoms with Gasteiger partial charge in [0.1, 0.15) is 11.5 Å². The summed E-state index contributed by atoms with van der Waals surface area (Å²) in [4.78, 5) is 12.1. The first-order chi connectivity index (χ1) is 10.3. The van der Waals surface area contributed by atoms with Crippen LogP contribution in [0.25, 0.3) is 0 Å². The van der Waals surface area contributed by atoms with Crippen LogP contribution in [0.5, 0.6) is 0 Å². The zero-order valence-electron chi connectivity index (χ0n) is 11.9. The lowest BCUT2D eigenvalue weighted by Gasteiger charge is -2.17. The van der Waals surface area contributed by atoms with Crippen molar-refractivity contribution in [2.75, 3.05) is 6.61 Å². The molecule has 1 amide bonds. The van der Waals surface area contributed by atoms with E-state index in [1.54, 1.807) is 13.8 Å². The quantitative estimate of drug-likeness (QED) is 0.853. The zero-order chi connectivity index (χ0) is 16.4. The third-order valence-corrected chi connectivity index (χ3v) is 3.18. The fourth-order valence-electron chi connectivity index (χ4n) is 2.10. The third kappa shape index (κ3) is 3.14. The van der Waals surface area contributed by atoms with Crippen LogP contribution in [0.4, 0.5) is 13.2 Å². The van der Waals surface area contributed by atoms with Gasteiger partial charge in [-0.2, -0.15) is 0 Å². The van der Waals surface area contributed by atoms with Crippen molar-refractivity contribution in [1.82, 2.24) is 5.32 Å². The molecule has 0 saturated carbocycles. The Balaban J connectivity index is 2.26. The van der Waals surface area contributed by atoms with Gasteiger partial charge in [0.2, 0.25) is 0 Å². The molecular weight excluding hydrogens is 299 g/mol. The van der Waals surface area contributed by atoms with E-state index < -0.39 is 36.0 Å². The summed E-state index contributed by atoms with van der Waals surface area (Å²) in [6.45, 7) is 2.65. The number of benzene rings is 1. The largest absolute Gasteiger partial charge is 0.466 e. The number of furan rings is 1. The molecule has 1 aromatic heterocycles. The minimum atomic E-state index is -1.60. The minimum Gasteiger partial charge on any atom is -0.466 e. The Bertz CT molecular complexity index is 689. The van der Waals surface area contributed by atoms with Gasteiger partial charge in [0.15, 0.2) is 17.5 Å². The van der Waals surface area contributed by atoms with Crippen molar-refractivity contribution in [2.24, 2.45) is 0 Å². The Morgan fingerprint density at radius 2 is 1.82 bits per heavy atom. The number of carbonyl (C=O) groups is 1. The van der Waals surface area contributed by atoms with Gasteiger partial charge in [-0.3, -0.25) is 4.79 Å². The van der Waals surface area contributed by atoms with E-state index in [0.717, 1.165) is 12.1 Å². The van der Waals surface area contributed by atoms with E-state index in [2.05, 4.69) is 5.32 Å². The van der Waals surface area contributed by atoms with Crippen LogP contribution in [-0.4, -0.2) is 17.6 Å². The minimum absolute atomic E-state index is 0.0786. The van der Waals surface area contributed by atoms with Crippen LogP contribution in [0.1, 0.15) is 33.5 Å². The van der Waals surface area contributed by atoms with Crippen LogP contribution in [0.3, 0.4) is 0 Å². The van der Waals surface area contributed by atoms with E-state index >= 15 is 0 Å². The molecule has 0 aliphatic carbocycles. The molecule has 0 fully saturated rings. The summed E-state index contributed by atoms with van der Waals surface area (Å²) in [5.74, 6) is -4.05. The number of amides is 1. The second-order valence-electron chi connectivity index (χ2n) is 4.83. The van der Waals surface area contributed by atoms with Crippen molar-refractivity contribution < 1.29 is 27.5 Å². The number of hydrogen-bond acceptors (Lipinski definition) is 3. The van der Waals surface area contributed by atoms with Gasteiger partial charge in [-0.05, 0) is 37.6 Å². The number of halogens is 3. The average Bonchev–Trinajstić information content (AvgIpc) is 2.80. The average molecular weight is 313 g/mol. The Morgan fingerprint density at radius 1 is 1.23 bits per heavy atom. The molecule has 22 heavy (non-hydrogen) atoms. The number of aryl methyl sites for hydroxylation is 2. The highest BCUT2D eigenvalue weighted by molar-refractivity contribution is 5.95. The molecule has 2 rings (SSSR count). The molecule has 2 aromatic rings. The smallest absolute Gasteiger partial charge is 0.255 e. The fourth-order valence-corrected chi connectivity index (χ4v) is 2.10. The summed E-state index contributed by atoms with van der Waals surface area (Å²) in [6.07, 6.45) is 0.